The molecule has 0 saturated carbocycles. The molecular weight excluding hydrogens is 381 g/mol. The van der Waals surface area contributed by atoms with Crippen LogP contribution in [0, 0.1) is 0 Å². The van der Waals surface area contributed by atoms with E-state index in [1.807, 2.05) is 0 Å². The molecule has 6 nitrogen and oxygen atoms in total. The highest BCUT2D eigenvalue weighted by Crippen LogP contribution is 2.24. The van der Waals surface area contributed by atoms with Gasteiger partial charge in [-0.3, -0.25) is 4.79 Å². The summed E-state index contributed by atoms with van der Waals surface area (Å²) < 4.78 is 35.7. The fourth-order valence-electron chi connectivity index (χ4n) is 2.36. The lowest BCUT2D eigenvalue weighted by atomic mass is 10.1. The normalized spacial score (nSPS) is 20.2. The fraction of sp³-hybridized carbons (Fsp3) is 0.385. The molecule has 1 saturated heterocycles. The van der Waals surface area contributed by atoms with Gasteiger partial charge < -0.3 is 10.0 Å². The highest BCUT2D eigenvalue weighted by molar-refractivity contribution is 9.10. The molecule has 22 heavy (non-hydrogen) atoms. The molecule has 0 aromatic heterocycles. The highest BCUT2D eigenvalue weighted by Gasteiger charge is 2.43. The number of aliphatic carboxylic acids is 1. The van der Waals surface area contributed by atoms with E-state index < -0.39 is 46.4 Å². The summed E-state index contributed by atoms with van der Waals surface area (Å²) in [5, 5.41) is 7.82. The Balaban J connectivity index is 2.20. The minimum atomic E-state index is -4.87. The average molecular weight is 394 g/mol. The van der Waals surface area contributed by atoms with Crippen LogP contribution in [0.2, 0.25) is 0 Å². The third-order valence-electron chi connectivity index (χ3n) is 3.52. The number of carbonyl (C=O) groups is 2. The first-order chi connectivity index (χ1) is 10.2. The van der Waals surface area contributed by atoms with Crippen molar-refractivity contribution in [3.63, 3.8) is 0 Å². The Hall–Kier alpha value is -1.48. The van der Waals surface area contributed by atoms with Crippen molar-refractivity contribution in [1.29, 1.82) is 0 Å². The zero-order valence-electron chi connectivity index (χ0n) is 11.3. The Morgan fingerprint density at radius 3 is 2.45 bits per heavy atom. The number of benzene rings is 1. The van der Waals surface area contributed by atoms with Gasteiger partial charge in [0.25, 0.3) is 0 Å². The van der Waals surface area contributed by atoms with Crippen LogP contribution >= 0.6 is 15.9 Å². The molecule has 0 aliphatic carbocycles. The maximum Gasteiger partial charge on any atom is 0.326 e. The van der Waals surface area contributed by atoms with E-state index in [-0.39, 0.29) is 6.42 Å². The number of carboxylic acids is 1. The second-order valence-electron chi connectivity index (χ2n) is 5.03. The fourth-order valence-corrected chi connectivity index (χ4v) is 3.31. The van der Waals surface area contributed by atoms with Crippen LogP contribution in [0.3, 0.4) is 0 Å². The molecule has 0 radical (unpaired) electrons. The van der Waals surface area contributed by atoms with Gasteiger partial charge in [0, 0.05) is 23.9 Å². The van der Waals surface area contributed by atoms with E-state index in [0.717, 1.165) is 9.37 Å². The van der Waals surface area contributed by atoms with Crippen molar-refractivity contribution >= 4 is 38.0 Å². The monoisotopic (exact) mass is 393 g/mol. The number of amides is 1. The molecule has 120 valence electrons. The minimum Gasteiger partial charge on any atom is -0.480 e. The van der Waals surface area contributed by atoms with Crippen molar-refractivity contribution in [2.45, 2.75) is 24.1 Å². The Kier molecular flexibility index (Phi) is 4.86. The second-order valence-corrected chi connectivity index (χ2v) is 7.57. The van der Waals surface area contributed by atoms with Crippen molar-refractivity contribution in [3.8, 4) is 0 Å². The molecule has 2 rings (SSSR count). The molecule has 1 heterocycles. The lowest BCUT2D eigenvalue weighted by Gasteiger charge is -2.24. The minimum absolute atomic E-state index is 0.0212. The van der Waals surface area contributed by atoms with Gasteiger partial charge in [-0.2, -0.15) is 8.42 Å². The number of halogens is 2. The van der Waals surface area contributed by atoms with E-state index in [4.69, 9.17) is 0 Å². The van der Waals surface area contributed by atoms with E-state index in [1.54, 1.807) is 24.3 Å². The predicted octanol–water partition coefficient (Wildman–Crippen LogP) is 1.35. The average Bonchev–Trinajstić information content (AvgIpc) is 2.79. The van der Waals surface area contributed by atoms with Crippen LogP contribution < -0.4 is 0 Å². The summed E-state index contributed by atoms with van der Waals surface area (Å²) in [5.74, 6) is -1.93. The summed E-state index contributed by atoms with van der Waals surface area (Å²) in [6.07, 6.45) is -0.504. The van der Waals surface area contributed by atoms with Crippen molar-refractivity contribution in [3.05, 3.63) is 34.3 Å². The van der Waals surface area contributed by atoms with Crippen molar-refractivity contribution in [2.75, 3.05) is 6.54 Å². The van der Waals surface area contributed by atoms with Gasteiger partial charge in [-0.15, -0.1) is 3.89 Å². The molecule has 0 bridgehead atoms. The summed E-state index contributed by atoms with van der Waals surface area (Å²) in [7, 11) is -4.87. The summed E-state index contributed by atoms with van der Waals surface area (Å²) >= 11 is 3.26. The van der Waals surface area contributed by atoms with Gasteiger partial charge in [-0.05, 0) is 17.7 Å². The van der Waals surface area contributed by atoms with E-state index >= 15 is 0 Å². The van der Waals surface area contributed by atoms with Crippen molar-refractivity contribution in [2.24, 2.45) is 0 Å². The van der Waals surface area contributed by atoms with Crippen LogP contribution in [0.25, 0.3) is 0 Å². The lowest BCUT2D eigenvalue weighted by Crippen LogP contribution is -2.44. The first kappa shape index (κ1) is 16.9. The summed E-state index contributed by atoms with van der Waals surface area (Å²) in [6, 6.07) is 5.64. The molecule has 1 aromatic rings. The largest absolute Gasteiger partial charge is 0.480 e. The number of likely N-dealkylation sites (tertiary alicyclic amines) is 1. The first-order valence-corrected chi connectivity index (χ1v) is 8.62. The topological polar surface area (TPSA) is 91.8 Å². The Labute approximate surface area is 135 Å². The van der Waals surface area contributed by atoms with Gasteiger partial charge >= 0.3 is 16.2 Å². The number of rotatable bonds is 5. The van der Waals surface area contributed by atoms with Crippen LogP contribution in [0.5, 0.6) is 0 Å². The van der Waals surface area contributed by atoms with Crippen LogP contribution in [0.1, 0.15) is 12.0 Å². The van der Waals surface area contributed by atoms with E-state index in [1.165, 1.54) is 0 Å². The summed E-state index contributed by atoms with van der Waals surface area (Å²) in [5.41, 5.74) is 0.676. The molecule has 2 atom stereocenters. The highest BCUT2D eigenvalue weighted by atomic mass is 79.9. The van der Waals surface area contributed by atoms with Crippen molar-refractivity contribution in [1.82, 2.24) is 4.90 Å². The molecule has 1 aromatic carbocycles. The van der Waals surface area contributed by atoms with Crippen LogP contribution in [-0.4, -0.2) is 48.1 Å². The third-order valence-corrected chi connectivity index (χ3v) is 5.17. The van der Waals surface area contributed by atoms with E-state index in [0.29, 0.717) is 5.56 Å². The van der Waals surface area contributed by atoms with Crippen LogP contribution in [0.15, 0.2) is 28.7 Å². The molecule has 1 fully saturated rings. The van der Waals surface area contributed by atoms with Gasteiger partial charge in [-0.25, -0.2) is 4.79 Å². The number of nitrogens with zero attached hydrogens (tertiary/aromatic N) is 1. The molecule has 2 unspecified atom stereocenters. The van der Waals surface area contributed by atoms with Crippen LogP contribution in [-0.2, 0) is 26.2 Å². The molecule has 1 aliphatic rings. The summed E-state index contributed by atoms with van der Waals surface area (Å²) in [4.78, 5) is 24.2. The third kappa shape index (κ3) is 3.83. The predicted molar refractivity (Wildman–Crippen MR) is 79.4 cm³/mol. The number of hydrogen-bond donors (Lipinski definition) is 1. The smallest absolute Gasteiger partial charge is 0.326 e. The van der Waals surface area contributed by atoms with Crippen molar-refractivity contribution < 1.29 is 27.0 Å². The number of carbonyl (C=O) groups excluding carboxylic acids is 1. The molecule has 1 amide bonds. The molecule has 0 spiro atoms. The maximum atomic E-state index is 13.0. The zero-order chi connectivity index (χ0) is 16.5. The van der Waals surface area contributed by atoms with Gasteiger partial charge in [-0.1, -0.05) is 28.1 Å². The first-order valence-electron chi connectivity index (χ1n) is 6.38. The maximum absolute atomic E-state index is 13.0. The summed E-state index contributed by atoms with van der Waals surface area (Å²) in [6.45, 7) is -0.439. The van der Waals surface area contributed by atoms with E-state index in [2.05, 4.69) is 15.9 Å². The Bertz CT molecular complexity index is 691. The number of carboxylic acid groups (broad SMARTS) is 1. The molecule has 9 heteroatoms. The van der Waals surface area contributed by atoms with E-state index in [9.17, 15) is 27.0 Å². The quantitative estimate of drug-likeness (QED) is 0.762. The molecule has 1 aliphatic heterocycles. The standard InChI is InChI=1S/C13H13BrFNO5S/c14-9-3-1-8(2-4-9)5-11(13(18)19)16-7-10(6-12(16)17)22(15,20)21/h1-4,10-11H,5-7H2,(H,18,19). The Morgan fingerprint density at radius 1 is 1.41 bits per heavy atom. The van der Waals surface area contributed by atoms with Gasteiger partial charge in [0.1, 0.15) is 11.3 Å². The molecule has 1 N–H and O–H groups in total. The van der Waals surface area contributed by atoms with Gasteiger partial charge in [0.2, 0.25) is 5.91 Å². The second kappa shape index (κ2) is 6.33. The molecular formula is C13H13BrFNO5S. The van der Waals surface area contributed by atoms with Crippen LogP contribution in [0.4, 0.5) is 3.89 Å². The lowest BCUT2D eigenvalue weighted by molar-refractivity contribution is -0.148. The van der Waals surface area contributed by atoms with Gasteiger partial charge in [0.15, 0.2) is 0 Å². The Morgan fingerprint density at radius 2 is 2.00 bits per heavy atom. The SMILES string of the molecule is O=C(O)C(Cc1ccc(Br)cc1)N1CC(S(=O)(=O)F)CC1=O. The zero-order valence-corrected chi connectivity index (χ0v) is 13.7. The van der Waals surface area contributed by atoms with Gasteiger partial charge in [0.05, 0.1) is 0 Å². The number of hydrogen-bond acceptors (Lipinski definition) is 4.